The van der Waals surface area contributed by atoms with Crippen LogP contribution in [0.2, 0.25) is 0 Å². The minimum absolute atomic E-state index is 0.0258. The summed E-state index contributed by atoms with van der Waals surface area (Å²) in [6.07, 6.45) is 11.7. The molecular weight excluding hydrogens is 416 g/mol. The fourth-order valence-electron chi connectivity index (χ4n) is 2.29. The first-order valence-corrected chi connectivity index (χ1v) is 11.5. The molecule has 0 spiro atoms. The minimum atomic E-state index is -4.47. The van der Waals surface area contributed by atoms with Crippen molar-refractivity contribution in [1.82, 2.24) is 4.57 Å². The highest BCUT2D eigenvalue weighted by Crippen LogP contribution is 2.05. The molecule has 1 heterocycles. The number of esters is 1. The van der Waals surface area contributed by atoms with Gasteiger partial charge in [-0.15, -0.1) is 0 Å². The van der Waals surface area contributed by atoms with E-state index in [9.17, 15) is 17.8 Å². The van der Waals surface area contributed by atoms with E-state index in [1.54, 1.807) is 11.7 Å². The van der Waals surface area contributed by atoms with Crippen molar-refractivity contribution >= 4 is 16.4 Å². The van der Waals surface area contributed by atoms with Gasteiger partial charge in [0.25, 0.3) is 0 Å². The van der Waals surface area contributed by atoms with Gasteiger partial charge in [-0.2, -0.15) is 0 Å². The van der Waals surface area contributed by atoms with E-state index >= 15 is 0 Å². The Balaban J connectivity index is 0.000000584. The maximum atomic E-state index is 11.4. The lowest BCUT2D eigenvalue weighted by Gasteiger charge is -2.06. The summed E-state index contributed by atoms with van der Waals surface area (Å²) in [6.45, 7) is 4.11. The summed E-state index contributed by atoms with van der Waals surface area (Å²) in [4.78, 5) is 11.4. The highest BCUT2D eigenvalue weighted by atomic mass is 32.3. The van der Waals surface area contributed by atoms with E-state index in [1.165, 1.54) is 19.3 Å². The van der Waals surface area contributed by atoms with Crippen molar-refractivity contribution in [2.24, 2.45) is 7.05 Å². The first-order chi connectivity index (χ1) is 14.3. The Kier molecular flexibility index (Phi) is 17.3. The first kappa shape index (κ1) is 28.5. The molecule has 0 saturated carbocycles. The minimum Gasteiger partial charge on any atom is -0.726 e. The SMILES string of the molecule is CCCCCCCCOS(=O)(=O)[O-].COCCOCCOC(=O)Cn1cc[n+](C)c1. The average molecular weight is 453 g/mol. The van der Waals surface area contributed by atoms with Crippen LogP contribution in [0.15, 0.2) is 18.7 Å². The van der Waals surface area contributed by atoms with E-state index in [0.29, 0.717) is 26.2 Å². The molecule has 0 N–H and O–H groups in total. The Bertz CT molecular complexity index is 649. The Labute approximate surface area is 180 Å². The molecule has 0 aromatic carbocycles. The van der Waals surface area contributed by atoms with Crippen LogP contribution >= 0.6 is 0 Å². The Morgan fingerprint density at radius 3 is 2.30 bits per heavy atom. The molecule has 30 heavy (non-hydrogen) atoms. The maximum absolute atomic E-state index is 11.4. The molecule has 0 saturated heterocycles. The summed E-state index contributed by atoms with van der Waals surface area (Å²) in [5, 5.41) is 0. The zero-order valence-electron chi connectivity index (χ0n) is 18.3. The fraction of sp³-hybridized carbons (Fsp3) is 0.789. The molecule has 0 atom stereocenters. The number of methoxy groups -OCH3 is 1. The van der Waals surface area contributed by atoms with E-state index in [4.69, 9.17) is 14.2 Å². The van der Waals surface area contributed by atoms with E-state index in [0.717, 1.165) is 12.8 Å². The van der Waals surface area contributed by atoms with Gasteiger partial charge in [-0.1, -0.05) is 39.0 Å². The molecule has 10 nitrogen and oxygen atoms in total. The van der Waals surface area contributed by atoms with Crippen LogP contribution in [-0.4, -0.2) is 63.7 Å². The summed E-state index contributed by atoms with van der Waals surface area (Å²) in [7, 11) is -0.966. The number of aryl methyl sites for hydroxylation is 1. The van der Waals surface area contributed by atoms with Crippen molar-refractivity contribution in [3.05, 3.63) is 18.7 Å². The third-order valence-electron chi connectivity index (χ3n) is 3.78. The highest BCUT2D eigenvalue weighted by Gasteiger charge is 2.08. The predicted molar refractivity (Wildman–Crippen MR) is 108 cm³/mol. The number of ether oxygens (including phenoxy) is 3. The van der Waals surface area contributed by atoms with Gasteiger partial charge >= 0.3 is 5.97 Å². The topological polar surface area (TPSA) is 120 Å². The number of hydrogen-bond acceptors (Lipinski definition) is 8. The Morgan fingerprint density at radius 1 is 1.03 bits per heavy atom. The van der Waals surface area contributed by atoms with Gasteiger partial charge in [0.1, 0.15) is 19.0 Å². The van der Waals surface area contributed by atoms with Crippen molar-refractivity contribution in [1.29, 1.82) is 0 Å². The third-order valence-corrected chi connectivity index (χ3v) is 4.24. The number of unbranched alkanes of at least 4 members (excludes halogenated alkanes) is 5. The highest BCUT2D eigenvalue weighted by molar-refractivity contribution is 7.80. The quantitative estimate of drug-likeness (QED) is 0.121. The molecule has 0 unspecified atom stereocenters. The Hall–Kier alpha value is -1.53. The lowest BCUT2D eigenvalue weighted by atomic mass is 10.1. The average Bonchev–Trinajstić information content (AvgIpc) is 3.08. The van der Waals surface area contributed by atoms with Crippen molar-refractivity contribution in [3.8, 4) is 0 Å². The standard InChI is InChI=1S/C11H19N2O4.C8H18O4S/c1-12-3-4-13(10-12)9-11(14)17-8-7-16-6-5-15-2;1-2-3-4-5-6-7-8-12-13(9,10)11/h3-4,10H,5-9H2,1-2H3;2-8H2,1H3,(H,9,10,11)/q+1;/p-1. The summed E-state index contributed by atoms with van der Waals surface area (Å²) in [6, 6.07) is 0. The smallest absolute Gasteiger partial charge is 0.348 e. The number of rotatable bonds is 16. The largest absolute Gasteiger partial charge is 0.726 e. The van der Waals surface area contributed by atoms with Crippen LogP contribution in [0.1, 0.15) is 45.4 Å². The van der Waals surface area contributed by atoms with Gasteiger partial charge < -0.3 is 18.8 Å². The van der Waals surface area contributed by atoms with Gasteiger partial charge in [0, 0.05) is 7.11 Å². The lowest BCUT2D eigenvalue weighted by molar-refractivity contribution is -0.671. The van der Waals surface area contributed by atoms with Gasteiger partial charge in [0.15, 0.2) is 6.54 Å². The van der Waals surface area contributed by atoms with Gasteiger partial charge in [-0.3, -0.25) is 4.18 Å². The second-order valence-corrected chi connectivity index (χ2v) is 7.63. The van der Waals surface area contributed by atoms with Gasteiger partial charge in [-0.25, -0.2) is 22.3 Å². The molecular formula is C19H36N2O8S. The van der Waals surface area contributed by atoms with E-state index in [1.807, 2.05) is 30.3 Å². The molecule has 0 aliphatic carbocycles. The number of aromatic nitrogens is 2. The lowest BCUT2D eigenvalue weighted by Crippen LogP contribution is -2.24. The van der Waals surface area contributed by atoms with Crippen LogP contribution in [0.4, 0.5) is 0 Å². The second kappa shape index (κ2) is 18.3. The third kappa shape index (κ3) is 19.8. The van der Waals surface area contributed by atoms with E-state index in [-0.39, 0.29) is 25.7 Å². The van der Waals surface area contributed by atoms with Crippen molar-refractivity contribution in [2.75, 3.05) is 40.1 Å². The first-order valence-electron chi connectivity index (χ1n) is 10.1. The monoisotopic (exact) mass is 452 g/mol. The number of hydrogen-bond donors (Lipinski definition) is 0. The van der Waals surface area contributed by atoms with Crippen LogP contribution in [0, 0.1) is 0 Å². The molecule has 1 rings (SSSR count). The summed E-state index contributed by atoms with van der Waals surface area (Å²) >= 11 is 0. The molecule has 0 bridgehead atoms. The van der Waals surface area contributed by atoms with Gasteiger partial charge in [0.05, 0.1) is 33.5 Å². The zero-order chi connectivity index (χ0) is 22.7. The Morgan fingerprint density at radius 2 is 1.70 bits per heavy atom. The predicted octanol–water partition coefficient (Wildman–Crippen LogP) is 1.34. The van der Waals surface area contributed by atoms with Gasteiger partial charge in [-0.05, 0) is 6.42 Å². The maximum Gasteiger partial charge on any atom is 0.348 e. The zero-order valence-corrected chi connectivity index (χ0v) is 19.1. The van der Waals surface area contributed by atoms with Crippen molar-refractivity contribution in [3.63, 3.8) is 0 Å². The van der Waals surface area contributed by atoms with Crippen LogP contribution < -0.4 is 4.57 Å². The van der Waals surface area contributed by atoms with E-state index in [2.05, 4.69) is 11.1 Å². The summed E-state index contributed by atoms with van der Waals surface area (Å²) in [5.74, 6) is -0.267. The molecule has 0 aliphatic rings. The van der Waals surface area contributed by atoms with Crippen molar-refractivity contribution < 1.29 is 40.7 Å². The molecule has 0 aliphatic heterocycles. The second-order valence-electron chi connectivity index (χ2n) is 6.58. The van der Waals surface area contributed by atoms with Crippen molar-refractivity contribution in [2.45, 2.75) is 52.0 Å². The summed E-state index contributed by atoms with van der Waals surface area (Å²) in [5.41, 5.74) is 0. The van der Waals surface area contributed by atoms with Gasteiger partial charge in [0.2, 0.25) is 16.7 Å². The number of carbonyl (C=O) groups excluding carboxylic acids is 1. The molecule has 0 fully saturated rings. The molecule has 176 valence electrons. The number of carbonyl (C=O) groups is 1. The fourth-order valence-corrected chi connectivity index (χ4v) is 2.61. The van der Waals surface area contributed by atoms with E-state index < -0.39 is 10.4 Å². The molecule has 1 aromatic rings. The number of imidazole rings is 1. The number of nitrogens with zero attached hydrogens (tertiary/aromatic N) is 2. The van der Waals surface area contributed by atoms with Crippen LogP contribution in [0.3, 0.4) is 0 Å². The van der Waals surface area contributed by atoms with Crippen LogP contribution in [-0.2, 0) is 47.2 Å². The normalized spacial score (nSPS) is 11.1. The summed E-state index contributed by atoms with van der Waals surface area (Å²) < 4.78 is 52.6. The molecule has 0 radical (unpaired) electrons. The molecule has 1 aromatic heterocycles. The molecule has 11 heteroatoms. The molecule has 0 amide bonds. The van der Waals surface area contributed by atoms with Crippen LogP contribution in [0.5, 0.6) is 0 Å². The van der Waals surface area contributed by atoms with Crippen LogP contribution in [0.25, 0.3) is 0 Å².